The van der Waals surface area contributed by atoms with Gasteiger partial charge >= 0.3 is 0 Å². The maximum atomic E-state index is 2.41. The molecular weight excluding hydrogens is 132 g/mol. The van der Waals surface area contributed by atoms with Crippen molar-refractivity contribution >= 4 is 0 Å². The van der Waals surface area contributed by atoms with Crippen LogP contribution < -0.4 is 0 Å². The molecule has 0 aromatic rings. The van der Waals surface area contributed by atoms with Crippen molar-refractivity contribution in [2.75, 3.05) is 0 Å². The van der Waals surface area contributed by atoms with E-state index in [1.807, 2.05) is 0 Å². The van der Waals surface area contributed by atoms with Crippen LogP contribution in [0.1, 0.15) is 41.0 Å². The Kier molecular flexibility index (Phi) is 2.61. The Hall–Kier alpha value is 0. The summed E-state index contributed by atoms with van der Waals surface area (Å²) in [6.45, 7) is 11.8. The van der Waals surface area contributed by atoms with E-state index in [1.54, 1.807) is 0 Å². The predicted molar refractivity (Wildman–Crippen MR) is 50.4 cm³/mol. The van der Waals surface area contributed by atoms with Gasteiger partial charge in [0, 0.05) is 0 Å². The minimum Gasteiger partial charge on any atom is -0.0628 e. The second kappa shape index (κ2) is 3.16. The normalized spacial score (nSPS) is 36.8. The van der Waals surface area contributed by atoms with Crippen molar-refractivity contribution in [3.8, 4) is 0 Å². The summed E-state index contributed by atoms with van der Waals surface area (Å²) >= 11 is 0. The minimum atomic E-state index is 0.895. The first-order valence-electron chi connectivity index (χ1n) is 5.04. The third-order valence-electron chi connectivity index (χ3n) is 3.15. The highest BCUT2D eigenvalue weighted by Crippen LogP contribution is 2.53. The standard InChI is InChI=1S/C11H22/c1-7(2)6-10-9(5)11(10)8(3)4/h7-11H,6H2,1-5H3. The molecule has 0 saturated heterocycles. The number of hydrogen-bond acceptors (Lipinski definition) is 0. The van der Waals surface area contributed by atoms with Crippen LogP contribution in [-0.4, -0.2) is 0 Å². The highest BCUT2D eigenvalue weighted by molar-refractivity contribution is 4.95. The van der Waals surface area contributed by atoms with E-state index in [2.05, 4.69) is 34.6 Å². The lowest BCUT2D eigenvalue weighted by Crippen LogP contribution is -1.95. The van der Waals surface area contributed by atoms with E-state index in [0.29, 0.717) is 0 Å². The molecule has 0 aromatic heterocycles. The minimum absolute atomic E-state index is 0.895. The topological polar surface area (TPSA) is 0 Å². The molecule has 0 aliphatic heterocycles. The molecule has 1 rings (SSSR count). The van der Waals surface area contributed by atoms with Crippen LogP contribution in [0.5, 0.6) is 0 Å². The molecule has 3 unspecified atom stereocenters. The molecule has 0 amide bonds. The molecule has 0 nitrogen and oxygen atoms in total. The smallest absolute Gasteiger partial charge is 0.0331 e. The fourth-order valence-electron chi connectivity index (χ4n) is 2.60. The second-order valence-corrected chi connectivity index (χ2v) is 4.97. The summed E-state index contributed by atoms with van der Waals surface area (Å²) in [5.41, 5.74) is 0. The summed E-state index contributed by atoms with van der Waals surface area (Å²) in [4.78, 5) is 0. The van der Waals surface area contributed by atoms with Crippen molar-refractivity contribution in [2.24, 2.45) is 29.6 Å². The second-order valence-electron chi connectivity index (χ2n) is 4.97. The highest BCUT2D eigenvalue weighted by atomic mass is 14.5. The van der Waals surface area contributed by atoms with Crippen molar-refractivity contribution in [2.45, 2.75) is 41.0 Å². The quantitative estimate of drug-likeness (QED) is 0.583. The van der Waals surface area contributed by atoms with Crippen molar-refractivity contribution in [1.29, 1.82) is 0 Å². The van der Waals surface area contributed by atoms with Gasteiger partial charge in [0.25, 0.3) is 0 Å². The van der Waals surface area contributed by atoms with Crippen LogP contribution in [-0.2, 0) is 0 Å². The van der Waals surface area contributed by atoms with E-state index in [-0.39, 0.29) is 0 Å². The van der Waals surface area contributed by atoms with Gasteiger partial charge in [-0.05, 0) is 36.0 Å². The molecule has 11 heavy (non-hydrogen) atoms. The molecule has 0 N–H and O–H groups in total. The highest BCUT2D eigenvalue weighted by Gasteiger charge is 2.47. The number of hydrogen-bond donors (Lipinski definition) is 0. The lowest BCUT2D eigenvalue weighted by atomic mass is 10.0. The molecular formula is C11H22. The van der Waals surface area contributed by atoms with Crippen LogP contribution in [0.3, 0.4) is 0 Å². The summed E-state index contributed by atoms with van der Waals surface area (Å²) < 4.78 is 0. The zero-order valence-electron chi connectivity index (χ0n) is 8.59. The predicted octanol–water partition coefficient (Wildman–Crippen LogP) is 3.57. The van der Waals surface area contributed by atoms with Gasteiger partial charge in [-0.15, -0.1) is 0 Å². The van der Waals surface area contributed by atoms with Gasteiger partial charge in [0.15, 0.2) is 0 Å². The van der Waals surface area contributed by atoms with Crippen LogP contribution in [0, 0.1) is 29.6 Å². The van der Waals surface area contributed by atoms with Gasteiger partial charge in [-0.25, -0.2) is 0 Å². The molecule has 3 atom stereocenters. The summed E-state index contributed by atoms with van der Waals surface area (Å²) in [6.07, 6.45) is 1.45. The molecule has 0 spiro atoms. The maximum absolute atomic E-state index is 2.41. The Morgan fingerprint density at radius 3 is 1.91 bits per heavy atom. The fourth-order valence-corrected chi connectivity index (χ4v) is 2.60. The molecule has 1 saturated carbocycles. The fraction of sp³-hybridized carbons (Fsp3) is 1.00. The Morgan fingerprint density at radius 1 is 1.09 bits per heavy atom. The summed E-state index contributed by atoms with van der Waals surface area (Å²) in [6, 6.07) is 0. The van der Waals surface area contributed by atoms with Gasteiger partial charge in [0.05, 0.1) is 0 Å². The summed E-state index contributed by atoms with van der Waals surface area (Å²) in [5, 5.41) is 0. The molecule has 0 radical (unpaired) electrons. The SMILES string of the molecule is CC(C)CC1C(C)C1C(C)C. The van der Waals surface area contributed by atoms with Gasteiger partial charge < -0.3 is 0 Å². The van der Waals surface area contributed by atoms with E-state index in [1.165, 1.54) is 6.42 Å². The van der Waals surface area contributed by atoms with E-state index in [4.69, 9.17) is 0 Å². The summed E-state index contributed by atoms with van der Waals surface area (Å²) in [7, 11) is 0. The average molecular weight is 154 g/mol. The van der Waals surface area contributed by atoms with Crippen LogP contribution in [0.25, 0.3) is 0 Å². The Labute approximate surface area is 71.4 Å². The molecule has 0 heterocycles. The molecule has 0 aromatic carbocycles. The van der Waals surface area contributed by atoms with Crippen molar-refractivity contribution in [3.05, 3.63) is 0 Å². The van der Waals surface area contributed by atoms with Crippen LogP contribution in [0.2, 0.25) is 0 Å². The molecule has 1 aliphatic rings. The Morgan fingerprint density at radius 2 is 1.64 bits per heavy atom. The molecule has 0 heteroatoms. The Balaban J connectivity index is 2.30. The van der Waals surface area contributed by atoms with Gasteiger partial charge in [0.2, 0.25) is 0 Å². The largest absolute Gasteiger partial charge is 0.0628 e. The third kappa shape index (κ3) is 1.98. The molecule has 1 fully saturated rings. The average Bonchev–Trinajstić information content (AvgIpc) is 2.40. The molecule has 1 aliphatic carbocycles. The number of rotatable bonds is 3. The van der Waals surface area contributed by atoms with E-state index >= 15 is 0 Å². The molecule has 0 bridgehead atoms. The van der Waals surface area contributed by atoms with Crippen molar-refractivity contribution < 1.29 is 0 Å². The van der Waals surface area contributed by atoms with E-state index in [9.17, 15) is 0 Å². The zero-order chi connectivity index (χ0) is 8.59. The lowest BCUT2D eigenvalue weighted by Gasteiger charge is -2.04. The Bertz CT molecular complexity index is 124. The van der Waals surface area contributed by atoms with Crippen LogP contribution in [0.4, 0.5) is 0 Å². The first kappa shape index (κ1) is 9.09. The van der Waals surface area contributed by atoms with Crippen molar-refractivity contribution in [1.82, 2.24) is 0 Å². The van der Waals surface area contributed by atoms with Crippen molar-refractivity contribution in [3.63, 3.8) is 0 Å². The lowest BCUT2D eigenvalue weighted by molar-refractivity contribution is 0.457. The first-order chi connectivity index (χ1) is 5.04. The molecule has 66 valence electrons. The summed E-state index contributed by atoms with van der Waals surface area (Å²) in [5.74, 6) is 4.91. The van der Waals surface area contributed by atoms with Gasteiger partial charge in [-0.3, -0.25) is 0 Å². The van der Waals surface area contributed by atoms with Gasteiger partial charge in [-0.1, -0.05) is 34.6 Å². The van der Waals surface area contributed by atoms with Gasteiger partial charge in [-0.2, -0.15) is 0 Å². The van der Waals surface area contributed by atoms with E-state index in [0.717, 1.165) is 29.6 Å². The first-order valence-corrected chi connectivity index (χ1v) is 5.04. The maximum Gasteiger partial charge on any atom is -0.0331 e. The van der Waals surface area contributed by atoms with Gasteiger partial charge in [0.1, 0.15) is 0 Å². The van der Waals surface area contributed by atoms with E-state index < -0.39 is 0 Å². The zero-order valence-corrected chi connectivity index (χ0v) is 8.59. The van der Waals surface area contributed by atoms with Crippen LogP contribution >= 0.6 is 0 Å². The third-order valence-corrected chi connectivity index (χ3v) is 3.15. The monoisotopic (exact) mass is 154 g/mol. The van der Waals surface area contributed by atoms with Crippen LogP contribution in [0.15, 0.2) is 0 Å².